The smallest absolute Gasteiger partial charge is 0.339 e. The molecular weight excluding hydrogens is 106 g/mol. The predicted molar refractivity (Wildman–Crippen MR) is 26.0 cm³/mol. The summed E-state index contributed by atoms with van der Waals surface area (Å²) >= 11 is 0. The van der Waals surface area contributed by atoms with Crippen molar-refractivity contribution in [1.29, 1.82) is 0 Å². The lowest BCUT2D eigenvalue weighted by Crippen LogP contribution is -2.19. The minimum Gasteiger partial charge on any atom is -0.350 e. The van der Waals surface area contributed by atoms with Gasteiger partial charge in [-0.15, -0.1) is 0 Å². The van der Waals surface area contributed by atoms with E-state index < -0.39 is 6.03 Å². The van der Waals surface area contributed by atoms with Crippen molar-refractivity contribution in [1.82, 2.24) is 9.78 Å². The fourth-order valence-electron chi connectivity index (χ4n) is 0.356. The number of nitrogens with two attached hydrogens (primary N) is 1. The maximum atomic E-state index is 10.2. The van der Waals surface area contributed by atoms with Crippen LogP contribution in [0.5, 0.6) is 0 Å². The number of rotatable bonds is 0. The minimum atomic E-state index is -0.591. The minimum absolute atomic E-state index is 0.591. The molecule has 0 saturated carbocycles. The third-order valence-corrected chi connectivity index (χ3v) is 0.682. The van der Waals surface area contributed by atoms with Gasteiger partial charge >= 0.3 is 6.03 Å². The van der Waals surface area contributed by atoms with Crippen LogP contribution in [0.1, 0.15) is 0 Å². The molecule has 1 aromatic heterocycles. The van der Waals surface area contributed by atoms with E-state index in [0.29, 0.717) is 0 Å². The first-order chi connectivity index (χ1) is 3.80. The largest absolute Gasteiger partial charge is 0.350 e. The molecule has 4 nitrogen and oxygen atoms in total. The highest BCUT2D eigenvalue weighted by Crippen LogP contribution is 1.77. The van der Waals surface area contributed by atoms with Gasteiger partial charge in [0.2, 0.25) is 0 Å². The van der Waals surface area contributed by atoms with E-state index in [1.807, 2.05) is 0 Å². The zero-order valence-corrected chi connectivity index (χ0v) is 4.03. The average Bonchev–Trinajstić information content (AvgIpc) is 2.12. The molecule has 0 spiro atoms. The first kappa shape index (κ1) is 4.83. The number of primary amides is 1. The van der Waals surface area contributed by atoms with Gasteiger partial charge in [0.15, 0.2) is 0 Å². The summed E-state index contributed by atoms with van der Waals surface area (Å²) in [6, 6.07) is 0.913. The van der Waals surface area contributed by atoms with E-state index in [2.05, 4.69) is 11.3 Å². The van der Waals surface area contributed by atoms with Gasteiger partial charge in [0.1, 0.15) is 6.20 Å². The summed E-state index contributed by atoms with van der Waals surface area (Å²) < 4.78 is 1.00. The standard InChI is InChI=1S/C4H4N3O/c5-4(8)7-3-1-2-6-7/h1,3H,(H2,5,8). The maximum absolute atomic E-state index is 10.2. The molecule has 1 aromatic rings. The molecule has 0 unspecified atom stereocenters. The van der Waals surface area contributed by atoms with E-state index in [0.717, 1.165) is 4.68 Å². The van der Waals surface area contributed by atoms with Crippen molar-refractivity contribution in [2.24, 2.45) is 5.73 Å². The molecule has 1 heterocycles. The topological polar surface area (TPSA) is 60.9 Å². The molecule has 0 aliphatic carbocycles. The summed E-state index contributed by atoms with van der Waals surface area (Å²) in [5.74, 6) is 0. The van der Waals surface area contributed by atoms with E-state index in [9.17, 15) is 4.79 Å². The van der Waals surface area contributed by atoms with Gasteiger partial charge < -0.3 is 5.73 Å². The summed E-state index contributed by atoms with van der Waals surface area (Å²) in [6.07, 6.45) is 3.86. The zero-order valence-electron chi connectivity index (χ0n) is 4.03. The van der Waals surface area contributed by atoms with Crippen LogP contribution < -0.4 is 5.73 Å². The Morgan fingerprint density at radius 3 is 2.88 bits per heavy atom. The molecule has 0 aliphatic heterocycles. The van der Waals surface area contributed by atoms with Gasteiger partial charge in [0.25, 0.3) is 0 Å². The van der Waals surface area contributed by atoms with Crippen LogP contribution in [-0.2, 0) is 0 Å². The molecule has 0 atom stereocenters. The third-order valence-electron chi connectivity index (χ3n) is 0.682. The first-order valence-corrected chi connectivity index (χ1v) is 2.02. The molecule has 0 fully saturated rings. The number of hydrogen-bond donors (Lipinski definition) is 1. The number of aromatic nitrogens is 2. The van der Waals surface area contributed by atoms with Gasteiger partial charge in [-0.1, -0.05) is 0 Å². The lowest BCUT2D eigenvalue weighted by Gasteiger charge is -1.86. The van der Waals surface area contributed by atoms with Gasteiger partial charge in [-0.25, -0.2) is 4.79 Å². The van der Waals surface area contributed by atoms with Crippen LogP contribution in [0.25, 0.3) is 0 Å². The number of amides is 1. The molecule has 0 bridgehead atoms. The van der Waals surface area contributed by atoms with Crippen molar-refractivity contribution in [3.05, 3.63) is 18.5 Å². The van der Waals surface area contributed by atoms with Crippen LogP contribution >= 0.6 is 0 Å². The second-order valence-electron chi connectivity index (χ2n) is 1.23. The van der Waals surface area contributed by atoms with Crippen molar-refractivity contribution < 1.29 is 4.79 Å². The van der Waals surface area contributed by atoms with Crippen molar-refractivity contribution in [2.45, 2.75) is 0 Å². The van der Waals surface area contributed by atoms with E-state index >= 15 is 0 Å². The van der Waals surface area contributed by atoms with E-state index in [4.69, 9.17) is 5.73 Å². The normalized spacial score (nSPS) is 9.00. The highest BCUT2D eigenvalue weighted by Gasteiger charge is 1.92. The molecule has 1 amide bonds. The second-order valence-corrected chi connectivity index (χ2v) is 1.23. The van der Waals surface area contributed by atoms with Gasteiger partial charge in [-0.3, -0.25) is 0 Å². The van der Waals surface area contributed by atoms with Crippen molar-refractivity contribution >= 4 is 6.03 Å². The SMILES string of the molecule is NC(=O)n1cc[c]n1. The predicted octanol–water partition coefficient (Wildman–Crippen LogP) is -0.390. The second kappa shape index (κ2) is 1.65. The van der Waals surface area contributed by atoms with E-state index in [1.165, 1.54) is 12.3 Å². The van der Waals surface area contributed by atoms with Gasteiger partial charge in [-0.05, 0) is 6.07 Å². The van der Waals surface area contributed by atoms with E-state index in [-0.39, 0.29) is 0 Å². The van der Waals surface area contributed by atoms with Crippen molar-refractivity contribution in [3.8, 4) is 0 Å². The Morgan fingerprint density at radius 2 is 2.62 bits per heavy atom. The molecule has 2 N–H and O–H groups in total. The number of carbonyl (C=O) groups is 1. The average molecular weight is 110 g/mol. The number of carbonyl (C=O) groups excluding carboxylic acids is 1. The first-order valence-electron chi connectivity index (χ1n) is 2.02. The maximum Gasteiger partial charge on any atom is 0.339 e. The van der Waals surface area contributed by atoms with Gasteiger partial charge in [0, 0.05) is 6.20 Å². The van der Waals surface area contributed by atoms with Crippen LogP contribution in [0, 0.1) is 6.20 Å². The van der Waals surface area contributed by atoms with Gasteiger partial charge in [-0.2, -0.15) is 9.78 Å². The highest BCUT2D eigenvalue weighted by molar-refractivity contribution is 5.73. The Labute approximate surface area is 45.9 Å². The highest BCUT2D eigenvalue weighted by atomic mass is 16.2. The quantitative estimate of drug-likeness (QED) is 0.494. The molecule has 41 valence electrons. The van der Waals surface area contributed by atoms with Crippen LogP contribution in [0.4, 0.5) is 4.79 Å². The molecule has 4 heteroatoms. The van der Waals surface area contributed by atoms with Crippen LogP contribution in [0.3, 0.4) is 0 Å². The Hall–Kier alpha value is -1.32. The lowest BCUT2D eigenvalue weighted by molar-refractivity contribution is 0.247. The summed E-state index contributed by atoms with van der Waals surface area (Å²) in [4.78, 5) is 10.2. The molecule has 1 radical (unpaired) electrons. The summed E-state index contributed by atoms with van der Waals surface area (Å²) in [5.41, 5.74) is 4.80. The van der Waals surface area contributed by atoms with Crippen LogP contribution in [0.15, 0.2) is 12.3 Å². The molecule has 0 aromatic carbocycles. The zero-order chi connectivity index (χ0) is 5.98. The Bertz CT molecular complexity index is 179. The van der Waals surface area contributed by atoms with E-state index in [1.54, 1.807) is 0 Å². The Morgan fingerprint density at radius 1 is 1.88 bits per heavy atom. The third kappa shape index (κ3) is 0.676. The summed E-state index contributed by atoms with van der Waals surface area (Å²) in [7, 11) is 0. The summed E-state index contributed by atoms with van der Waals surface area (Å²) in [5, 5.41) is 3.43. The Kier molecular flexibility index (Phi) is 0.997. The Balaban J connectivity index is 2.93. The number of hydrogen-bond acceptors (Lipinski definition) is 2. The van der Waals surface area contributed by atoms with Crippen LogP contribution in [-0.4, -0.2) is 15.8 Å². The van der Waals surface area contributed by atoms with Crippen molar-refractivity contribution in [2.75, 3.05) is 0 Å². The number of nitrogens with zero attached hydrogens (tertiary/aromatic N) is 2. The molecule has 1 rings (SSSR count). The molecule has 0 aliphatic rings. The molecular formula is C4H4N3O. The molecule has 0 saturated heterocycles. The van der Waals surface area contributed by atoms with Crippen molar-refractivity contribution in [3.63, 3.8) is 0 Å². The monoisotopic (exact) mass is 110 g/mol. The summed E-state index contributed by atoms with van der Waals surface area (Å²) in [6.45, 7) is 0. The lowest BCUT2D eigenvalue weighted by atomic mass is 10.7. The molecule has 8 heavy (non-hydrogen) atoms. The fraction of sp³-hybridized carbons (Fsp3) is 0. The van der Waals surface area contributed by atoms with Crippen LogP contribution in [0.2, 0.25) is 0 Å². The fourth-order valence-corrected chi connectivity index (χ4v) is 0.356. The van der Waals surface area contributed by atoms with Gasteiger partial charge in [0.05, 0.1) is 0 Å².